The molecule has 19 heavy (non-hydrogen) atoms. The number of rotatable bonds is 4. The summed E-state index contributed by atoms with van der Waals surface area (Å²) < 4.78 is 28.4. The Balaban J connectivity index is 2.12. The van der Waals surface area contributed by atoms with Gasteiger partial charge in [0.1, 0.15) is 0 Å². The van der Waals surface area contributed by atoms with Gasteiger partial charge in [0.25, 0.3) is 0 Å². The van der Waals surface area contributed by atoms with E-state index in [0.29, 0.717) is 16.4 Å². The van der Waals surface area contributed by atoms with Gasteiger partial charge in [-0.15, -0.1) is 4.28 Å². The molecule has 0 atom stereocenters. The molecular formula is C12H11ClN2O3S. The number of nitrogens with one attached hydrogen (secondary N) is 1. The highest BCUT2D eigenvalue weighted by atomic mass is 35.5. The molecule has 2 aromatic carbocycles. The molecule has 2 aromatic rings. The summed E-state index contributed by atoms with van der Waals surface area (Å²) in [5.74, 6) is 0. The first kappa shape index (κ1) is 13.7. The van der Waals surface area contributed by atoms with E-state index in [-0.39, 0.29) is 4.90 Å². The highest BCUT2D eigenvalue weighted by Crippen LogP contribution is 2.18. The molecule has 2 rings (SSSR count). The van der Waals surface area contributed by atoms with E-state index in [0.717, 1.165) is 0 Å². The van der Waals surface area contributed by atoms with Gasteiger partial charge in [0, 0.05) is 10.7 Å². The zero-order chi connectivity index (χ0) is 13.9. The van der Waals surface area contributed by atoms with Gasteiger partial charge in [-0.25, -0.2) is 5.48 Å². The van der Waals surface area contributed by atoms with Crippen molar-refractivity contribution < 1.29 is 12.7 Å². The molecule has 0 amide bonds. The quantitative estimate of drug-likeness (QED) is 0.670. The Morgan fingerprint density at radius 3 is 2.42 bits per heavy atom. The van der Waals surface area contributed by atoms with Crippen molar-refractivity contribution in [1.82, 2.24) is 0 Å². The fourth-order valence-corrected chi connectivity index (χ4v) is 2.30. The van der Waals surface area contributed by atoms with Crippen molar-refractivity contribution >= 4 is 33.1 Å². The SMILES string of the molecule is Nc1ccc(S(=O)(=O)ONc2cccc(Cl)c2)cc1. The summed E-state index contributed by atoms with van der Waals surface area (Å²) >= 11 is 5.77. The van der Waals surface area contributed by atoms with Gasteiger partial charge in [0.15, 0.2) is 0 Å². The van der Waals surface area contributed by atoms with Crippen LogP contribution in [0.15, 0.2) is 53.4 Å². The average molecular weight is 299 g/mol. The van der Waals surface area contributed by atoms with Crippen LogP contribution in [-0.2, 0) is 14.4 Å². The maximum absolute atomic E-state index is 11.8. The molecular weight excluding hydrogens is 288 g/mol. The summed E-state index contributed by atoms with van der Waals surface area (Å²) in [6.45, 7) is 0. The minimum Gasteiger partial charge on any atom is -0.399 e. The molecule has 0 heterocycles. The fourth-order valence-electron chi connectivity index (χ4n) is 1.34. The van der Waals surface area contributed by atoms with Gasteiger partial charge < -0.3 is 5.73 Å². The van der Waals surface area contributed by atoms with Crippen LogP contribution in [-0.4, -0.2) is 8.42 Å². The Morgan fingerprint density at radius 1 is 1.11 bits per heavy atom. The third-order valence-electron chi connectivity index (χ3n) is 2.26. The van der Waals surface area contributed by atoms with Gasteiger partial charge in [-0.3, -0.25) is 0 Å². The van der Waals surface area contributed by atoms with Crippen molar-refractivity contribution in [3.05, 3.63) is 53.6 Å². The monoisotopic (exact) mass is 298 g/mol. The molecule has 0 aliphatic heterocycles. The zero-order valence-corrected chi connectivity index (χ0v) is 11.3. The van der Waals surface area contributed by atoms with E-state index in [1.165, 1.54) is 24.3 Å². The number of hydrogen-bond acceptors (Lipinski definition) is 5. The lowest BCUT2D eigenvalue weighted by Gasteiger charge is -2.07. The molecule has 0 bridgehead atoms. The van der Waals surface area contributed by atoms with Crippen LogP contribution < -0.4 is 11.2 Å². The maximum atomic E-state index is 11.8. The van der Waals surface area contributed by atoms with E-state index in [1.807, 2.05) is 0 Å². The van der Waals surface area contributed by atoms with Crippen LogP contribution in [0.25, 0.3) is 0 Å². The van der Waals surface area contributed by atoms with Gasteiger partial charge in [-0.2, -0.15) is 8.42 Å². The van der Waals surface area contributed by atoms with Gasteiger partial charge in [0.2, 0.25) is 0 Å². The number of anilines is 2. The van der Waals surface area contributed by atoms with Crippen LogP contribution in [0.5, 0.6) is 0 Å². The third kappa shape index (κ3) is 3.60. The van der Waals surface area contributed by atoms with E-state index in [1.54, 1.807) is 24.3 Å². The van der Waals surface area contributed by atoms with Crippen LogP contribution in [0.1, 0.15) is 0 Å². The molecule has 0 saturated carbocycles. The summed E-state index contributed by atoms with van der Waals surface area (Å²) in [4.78, 5) is 0.0104. The molecule has 0 spiro atoms. The van der Waals surface area contributed by atoms with Crippen molar-refractivity contribution in [1.29, 1.82) is 0 Å². The second kappa shape index (κ2) is 5.48. The Bertz CT molecular complexity index is 672. The molecule has 0 unspecified atom stereocenters. The van der Waals surface area contributed by atoms with E-state index < -0.39 is 10.1 Å². The van der Waals surface area contributed by atoms with Crippen LogP contribution in [0.3, 0.4) is 0 Å². The molecule has 0 aliphatic rings. The first-order valence-electron chi connectivity index (χ1n) is 5.28. The van der Waals surface area contributed by atoms with Crippen molar-refractivity contribution in [3.8, 4) is 0 Å². The van der Waals surface area contributed by atoms with Crippen molar-refractivity contribution in [3.63, 3.8) is 0 Å². The second-order valence-corrected chi connectivity index (χ2v) is 5.70. The highest BCUT2D eigenvalue weighted by molar-refractivity contribution is 7.86. The molecule has 3 N–H and O–H groups in total. The third-order valence-corrected chi connectivity index (χ3v) is 3.65. The molecule has 0 aromatic heterocycles. The second-order valence-electron chi connectivity index (χ2n) is 3.72. The molecule has 7 heteroatoms. The first-order chi connectivity index (χ1) is 8.97. The number of halogens is 1. The smallest absolute Gasteiger partial charge is 0.317 e. The molecule has 0 fully saturated rings. The maximum Gasteiger partial charge on any atom is 0.317 e. The predicted octanol–water partition coefficient (Wildman–Crippen LogP) is 2.65. The molecule has 0 aliphatic carbocycles. The topological polar surface area (TPSA) is 81.4 Å². The van der Waals surface area contributed by atoms with Gasteiger partial charge in [-0.1, -0.05) is 17.7 Å². The average Bonchev–Trinajstić information content (AvgIpc) is 2.37. The normalized spacial score (nSPS) is 11.2. The number of nitrogens with two attached hydrogens (primary N) is 1. The fraction of sp³-hybridized carbons (Fsp3) is 0. The summed E-state index contributed by atoms with van der Waals surface area (Å²) in [7, 11) is -3.90. The Labute approximate surface area is 116 Å². The lowest BCUT2D eigenvalue weighted by Crippen LogP contribution is -2.11. The molecule has 0 radical (unpaired) electrons. The summed E-state index contributed by atoms with van der Waals surface area (Å²) in [6, 6.07) is 12.2. The Kier molecular flexibility index (Phi) is 3.94. The van der Waals surface area contributed by atoms with E-state index in [9.17, 15) is 8.42 Å². The lowest BCUT2D eigenvalue weighted by atomic mass is 10.3. The van der Waals surface area contributed by atoms with Crippen LogP contribution in [0.4, 0.5) is 11.4 Å². The zero-order valence-electron chi connectivity index (χ0n) is 9.71. The van der Waals surface area contributed by atoms with Gasteiger partial charge >= 0.3 is 10.1 Å². The molecule has 100 valence electrons. The number of hydrogen-bond donors (Lipinski definition) is 2. The lowest BCUT2D eigenvalue weighted by molar-refractivity contribution is 0.391. The first-order valence-corrected chi connectivity index (χ1v) is 7.06. The summed E-state index contributed by atoms with van der Waals surface area (Å²) in [6.07, 6.45) is 0. The summed E-state index contributed by atoms with van der Waals surface area (Å²) in [5.41, 5.74) is 8.73. The Hall–Kier alpha value is -1.76. The molecule has 0 saturated heterocycles. The Morgan fingerprint density at radius 2 is 1.79 bits per heavy atom. The molecule has 5 nitrogen and oxygen atoms in total. The van der Waals surface area contributed by atoms with Gasteiger partial charge in [0.05, 0.1) is 10.6 Å². The van der Waals surface area contributed by atoms with Gasteiger partial charge in [-0.05, 0) is 42.5 Å². The number of benzene rings is 2. The highest BCUT2D eigenvalue weighted by Gasteiger charge is 2.15. The van der Waals surface area contributed by atoms with Crippen molar-refractivity contribution in [2.45, 2.75) is 4.90 Å². The summed E-state index contributed by atoms with van der Waals surface area (Å²) in [5, 5.41) is 0.471. The van der Waals surface area contributed by atoms with E-state index in [2.05, 4.69) is 5.48 Å². The minimum absolute atomic E-state index is 0.0104. The number of nitrogen functional groups attached to an aromatic ring is 1. The van der Waals surface area contributed by atoms with Crippen molar-refractivity contribution in [2.24, 2.45) is 0 Å². The van der Waals surface area contributed by atoms with Crippen LogP contribution in [0.2, 0.25) is 5.02 Å². The van der Waals surface area contributed by atoms with Crippen LogP contribution in [0, 0.1) is 0 Å². The predicted molar refractivity (Wildman–Crippen MR) is 74.2 cm³/mol. The van der Waals surface area contributed by atoms with Crippen LogP contribution >= 0.6 is 11.6 Å². The largest absolute Gasteiger partial charge is 0.399 e. The van der Waals surface area contributed by atoms with E-state index in [4.69, 9.17) is 21.6 Å². The standard InChI is InChI=1S/C12H11ClN2O3S/c13-9-2-1-3-11(8-9)15-18-19(16,17)12-6-4-10(14)5-7-12/h1-8,15H,14H2. The van der Waals surface area contributed by atoms with E-state index >= 15 is 0 Å². The van der Waals surface area contributed by atoms with Crippen molar-refractivity contribution in [2.75, 3.05) is 11.2 Å². The minimum atomic E-state index is -3.90.